The van der Waals surface area contributed by atoms with E-state index >= 15 is 0 Å². The topological polar surface area (TPSA) is 60.9 Å². The predicted octanol–water partition coefficient (Wildman–Crippen LogP) is 2.07. The van der Waals surface area contributed by atoms with E-state index in [1.165, 1.54) is 11.9 Å². The molecule has 1 aromatic carbocycles. The number of aliphatic carboxylic acids is 1. The zero-order chi connectivity index (χ0) is 15.6. The summed E-state index contributed by atoms with van der Waals surface area (Å²) in [6, 6.07) is 6.31. The molecule has 0 spiro atoms. The third-order valence-corrected chi connectivity index (χ3v) is 3.47. The minimum Gasteiger partial charge on any atom is -0.481 e. The summed E-state index contributed by atoms with van der Waals surface area (Å²) in [6.45, 7) is -0.700. The lowest BCUT2D eigenvalue weighted by Gasteiger charge is -2.35. The molecule has 1 N–H and O–H groups in total. The Morgan fingerprint density at radius 2 is 2.10 bits per heavy atom. The van der Waals surface area contributed by atoms with Crippen molar-refractivity contribution in [1.29, 1.82) is 0 Å². The van der Waals surface area contributed by atoms with E-state index in [0.29, 0.717) is 12.1 Å². The fourth-order valence-electron chi connectivity index (χ4n) is 2.43. The van der Waals surface area contributed by atoms with Gasteiger partial charge in [-0.2, -0.15) is 0 Å². The number of benzene rings is 1. The van der Waals surface area contributed by atoms with Crippen molar-refractivity contribution in [2.45, 2.75) is 12.8 Å². The van der Waals surface area contributed by atoms with Crippen LogP contribution in [0, 0.1) is 5.92 Å². The molecule has 1 heterocycles. The molecule has 0 fully saturated rings. The lowest BCUT2D eigenvalue weighted by molar-refractivity contribution is -0.141. The Balaban J connectivity index is 2.28. The van der Waals surface area contributed by atoms with Crippen LogP contribution in [0.25, 0.3) is 0 Å². The van der Waals surface area contributed by atoms with E-state index in [1.54, 1.807) is 24.3 Å². The van der Waals surface area contributed by atoms with Crippen LogP contribution in [-0.4, -0.2) is 48.6 Å². The molecule has 1 aromatic rings. The third kappa shape index (κ3) is 3.29. The van der Waals surface area contributed by atoms with E-state index in [4.69, 9.17) is 0 Å². The molecule has 1 aliphatic heterocycles. The van der Waals surface area contributed by atoms with Crippen LogP contribution in [0.2, 0.25) is 0 Å². The van der Waals surface area contributed by atoms with Gasteiger partial charge in [0.05, 0.1) is 12.5 Å². The summed E-state index contributed by atoms with van der Waals surface area (Å²) in [5.74, 6) is -1.73. The summed E-state index contributed by atoms with van der Waals surface area (Å²) in [6.07, 6.45) is -2.30. The predicted molar refractivity (Wildman–Crippen MR) is 72.6 cm³/mol. The number of carboxylic acids is 1. The Morgan fingerprint density at radius 3 is 2.71 bits per heavy atom. The van der Waals surface area contributed by atoms with Crippen LogP contribution < -0.4 is 4.90 Å². The second kappa shape index (κ2) is 6.07. The first kappa shape index (κ1) is 15.2. The van der Waals surface area contributed by atoms with Gasteiger partial charge >= 0.3 is 12.0 Å². The molecular formula is C14H16F2N2O3. The van der Waals surface area contributed by atoms with Crippen molar-refractivity contribution < 1.29 is 23.5 Å². The Morgan fingerprint density at radius 1 is 1.43 bits per heavy atom. The van der Waals surface area contributed by atoms with Crippen molar-refractivity contribution in [3.63, 3.8) is 0 Å². The quantitative estimate of drug-likeness (QED) is 0.929. The van der Waals surface area contributed by atoms with Gasteiger partial charge in [0.2, 0.25) is 0 Å². The van der Waals surface area contributed by atoms with Gasteiger partial charge in [0, 0.05) is 19.3 Å². The number of hydrogen-bond acceptors (Lipinski definition) is 2. The van der Waals surface area contributed by atoms with Crippen molar-refractivity contribution >= 4 is 17.7 Å². The van der Waals surface area contributed by atoms with E-state index in [0.717, 1.165) is 10.5 Å². The van der Waals surface area contributed by atoms with E-state index in [1.807, 2.05) is 0 Å². The van der Waals surface area contributed by atoms with Crippen LogP contribution in [0.1, 0.15) is 5.56 Å². The Hall–Kier alpha value is -2.18. The number of rotatable bonds is 3. The molecule has 0 radical (unpaired) electrons. The van der Waals surface area contributed by atoms with Crippen LogP contribution in [0.5, 0.6) is 0 Å². The molecule has 0 aromatic heterocycles. The summed E-state index contributed by atoms with van der Waals surface area (Å²) in [7, 11) is 1.28. The van der Waals surface area contributed by atoms with Crippen molar-refractivity contribution in [3.05, 3.63) is 29.8 Å². The minimum atomic E-state index is -2.63. The van der Waals surface area contributed by atoms with Crippen molar-refractivity contribution in [2.24, 2.45) is 5.92 Å². The van der Waals surface area contributed by atoms with Gasteiger partial charge < -0.3 is 10.0 Å². The van der Waals surface area contributed by atoms with E-state index < -0.39 is 30.9 Å². The molecular weight excluding hydrogens is 282 g/mol. The Bertz CT molecular complexity index is 551. The summed E-state index contributed by atoms with van der Waals surface area (Å²) in [5.41, 5.74) is 1.32. The number of halogens is 2. The first-order valence-corrected chi connectivity index (χ1v) is 6.51. The minimum absolute atomic E-state index is 0.0151. The number of urea groups is 1. The van der Waals surface area contributed by atoms with Crippen molar-refractivity contribution in [2.75, 3.05) is 25.0 Å². The standard InChI is InChI=1S/C14H16F2N2O3/c1-17(8-12(15)16)14(21)18-7-10(13(19)20)6-9-4-2-3-5-11(9)18/h2-5,10,12H,6-8H2,1H3,(H,19,20). The zero-order valence-corrected chi connectivity index (χ0v) is 11.5. The number of anilines is 1. The highest BCUT2D eigenvalue weighted by Crippen LogP contribution is 2.30. The smallest absolute Gasteiger partial charge is 0.324 e. The van der Waals surface area contributed by atoms with E-state index in [9.17, 15) is 23.5 Å². The number of hydrogen-bond donors (Lipinski definition) is 1. The lowest BCUT2D eigenvalue weighted by Crippen LogP contribution is -2.48. The molecule has 1 aliphatic rings. The maximum absolute atomic E-state index is 12.4. The number of alkyl halides is 2. The molecule has 2 rings (SSSR count). The maximum atomic E-state index is 12.4. The van der Waals surface area contributed by atoms with Crippen LogP contribution in [0.4, 0.5) is 19.3 Å². The SMILES string of the molecule is CN(CC(F)F)C(=O)N1CC(C(=O)O)Cc2ccccc21. The fourth-order valence-corrected chi connectivity index (χ4v) is 2.43. The van der Waals surface area contributed by atoms with Crippen molar-refractivity contribution in [3.8, 4) is 0 Å². The molecule has 0 bridgehead atoms. The number of nitrogens with zero attached hydrogens (tertiary/aromatic N) is 2. The summed E-state index contributed by atoms with van der Waals surface area (Å²) >= 11 is 0. The van der Waals surface area contributed by atoms with Crippen LogP contribution >= 0.6 is 0 Å². The second-order valence-electron chi connectivity index (χ2n) is 5.03. The average Bonchev–Trinajstić information content (AvgIpc) is 2.44. The van der Waals surface area contributed by atoms with Gasteiger partial charge in [-0.15, -0.1) is 0 Å². The molecule has 0 saturated heterocycles. The summed E-state index contributed by atoms with van der Waals surface area (Å²) < 4.78 is 24.8. The third-order valence-electron chi connectivity index (χ3n) is 3.47. The summed E-state index contributed by atoms with van der Waals surface area (Å²) in [4.78, 5) is 25.7. The number of para-hydroxylation sites is 1. The van der Waals surface area contributed by atoms with E-state index in [-0.39, 0.29) is 6.54 Å². The molecule has 2 amide bonds. The van der Waals surface area contributed by atoms with Gasteiger partial charge in [0.1, 0.15) is 0 Å². The van der Waals surface area contributed by atoms with Crippen LogP contribution in [-0.2, 0) is 11.2 Å². The highest BCUT2D eigenvalue weighted by molar-refractivity contribution is 5.94. The van der Waals surface area contributed by atoms with Crippen molar-refractivity contribution in [1.82, 2.24) is 4.90 Å². The zero-order valence-electron chi connectivity index (χ0n) is 11.5. The molecule has 1 atom stereocenters. The first-order chi connectivity index (χ1) is 9.90. The van der Waals surface area contributed by atoms with Gasteiger partial charge in [-0.3, -0.25) is 9.69 Å². The summed E-state index contributed by atoms with van der Waals surface area (Å²) in [5, 5.41) is 9.18. The maximum Gasteiger partial charge on any atom is 0.324 e. The number of amides is 2. The molecule has 1 unspecified atom stereocenters. The number of carbonyl (C=O) groups excluding carboxylic acids is 1. The average molecular weight is 298 g/mol. The highest BCUT2D eigenvalue weighted by atomic mass is 19.3. The molecule has 5 nitrogen and oxygen atoms in total. The fraction of sp³-hybridized carbons (Fsp3) is 0.429. The van der Waals surface area contributed by atoms with Gasteiger partial charge in [-0.25, -0.2) is 13.6 Å². The number of carboxylic acid groups (broad SMARTS) is 1. The largest absolute Gasteiger partial charge is 0.481 e. The lowest BCUT2D eigenvalue weighted by atomic mass is 9.93. The van der Waals surface area contributed by atoms with Gasteiger partial charge in [-0.1, -0.05) is 18.2 Å². The number of fused-ring (bicyclic) bond motifs is 1. The van der Waals surface area contributed by atoms with E-state index in [2.05, 4.69) is 0 Å². The van der Waals surface area contributed by atoms with Crippen LogP contribution in [0.3, 0.4) is 0 Å². The van der Waals surface area contributed by atoms with Crippen LogP contribution in [0.15, 0.2) is 24.3 Å². The normalized spacial score (nSPS) is 17.5. The molecule has 114 valence electrons. The second-order valence-corrected chi connectivity index (χ2v) is 5.03. The highest BCUT2D eigenvalue weighted by Gasteiger charge is 2.33. The van der Waals surface area contributed by atoms with Gasteiger partial charge in [0.25, 0.3) is 6.43 Å². The first-order valence-electron chi connectivity index (χ1n) is 6.51. The monoisotopic (exact) mass is 298 g/mol. The van der Waals surface area contributed by atoms with Gasteiger partial charge in [0.15, 0.2) is 0 Å². The number of carbonyl (C=O) groups is 2. The molecule has 21 heavy (non-hydrogen) atoms. The Kier molecular flexibility index (Phi) is 4.40. The molecule has 7 heteroatoms. The molecule has 0 saturated carbocycles. The Labute approximate surface area is 120 Å². The van der Waals surface area contributed by atoms with Gasteiger partial charge in [-0.05, 0) is 18.1 Å². The molecule has 0 aliphatic carbocycles.